The first kappa shape index (κ1) is 17.4. The van der Waals surface area contributed by atoms with Gasteiger partial charge in [-0.25, -0.2) is 4.79 Å². The van der Waals surface area contributed by atoms with Crippen LogP contribution in [0.4, 0.5) is 5.00 Å². The lowest BCUT2D eigenvalue weighted by Crippen LogP contribution is -2.15. The van der Waals surface area contributed by atoms with Crippen molar-refractivity contribution in [2.75, 3.05) is 24.8 Å². The highest BCUT2D eigenvalue weighted by Gasteiger charge is 2.22. The van der Waals surface area contributed by atoms with Gasteiger partial charge in [0.05, 0.1) is 19.5 Å². The third-order valence-corrected chi connectivity index (χ3v) is 4.21. The van der Waals surface area contributed by atoms with Gasteiger partial charge < -0.3 is 14.8 Å². The summed E-state index contributed by atoms with van der Waals surface area (Å²) >= 11 is 5.99. The average molecular weight is 350 g/mol. The van der Waals surface area contributed by atoms with E-state index in [4.69, 9.17) is 22.1 Å². The molecule has 0 fully saturated rings. The summed E-state index contributed by atoms with van der Waals surface area (Å²) in [5.74, 6) is -0.146. The van der Waals surface area contributed by atoms with E-state index in [0.717, 1.165) is 11.3 Å². The summed E-state index contributed by atoms with van der Waals surface area (Å²) in [4.78, 5) is 23.9. The summed E-state index contributed by atoms with van der Waals surface area (Å²) in [5, 5.41) is 4.92. The number of rotatable bonds is 6. The Kier molecular flexibility index (Phi) is 6.06. The number of carbonyl (C=O) groups is 2. The van der Waals surface area contributed by atoms with E-state index in [9.17, 15) is 9.59 Å². The van der Waals surface area contributed by atoms with Crippen LogP contribution in [-0.4, -0.2) is 31.3 Å². The smallest absolute Gasteiger partial charge is 0.341 e. The molecule has 1 heterocycles. The van der Waals surface area contributed by atoms with Gasteiger partial charge in [-0.2, -0.15) is 0 Å². The van der Waals surface area contributed by atoms with Gasteiger partial charge in [-0.05, 0) is 24.6 Å². The van der Waals surface area contributed by atoms with Gasteiger partial charge in [0.15, 0.2) is 0 Å². The fourth-order valence-corrected chi connectivity index (χ4v) is 3.05. The van der Waals surface area contributed by atoms with Gasteiger partial charge in [0.2, 0.25) is 5.91 Å². The zero-order chi connectivity index (χ0) is 16.8. The molecule has 1 aromatic carbocycles. The van der Waals surface area contributed by atoms with Gasteiger partial charge in [0.25, 0.3) is 0 Å². The molecule has 0 atom stereocenters. The van der Waals surface area contributed by atoms with Gasteiger partial charge in [0.1, 0.15) is 16.3 Å². The van der Waals surface area contributed by atoms with Crippen molar-refractivity contribution in [3.8, 4) is 16.9 Å². The van der Waals surface area contributed by atoms with Gasteiger partial charge in [-0.15, -0.1) is 11.3 Å². The molecule has 7 heteroatoms. The Bertz CT molecular complexity index is 695. The molecule has 5 nitrogen and oxygen atoms in total. The predicted molar refractivity (Wildman–Crippen MR) is 93.4 cm³/mol. The lowest BCUT2D eigenvalue weighted by atomic mass is 10.0. The van der Waals surface area contributed by atoms with Crippen molar-refractivity contribution in [1.29, 1.82) is 0 Å². The van der Waals surface area contributed by atoms with Gasteiger partial charge in [-0.1, -0.05) is 24.8 Å². The molecule has 0 aliphatic heterocycles. The highest BCUT2D eigenvalue weighted by atomic mass is 32.1. The first-order chi connectivity index (χ1) is 11.1. The fraction of sp³-hybridized carbons (Fsp3) is 0.250. The summed E-state index contributed by atoms with van der Waals surface area (Å²) in [6.07, 6.45) is 0. The van der Waals surface area contributed by atoms with Crippen molar-refractivity contribution in [2.45, 2.75) is 6.92 Å². The van der Waals surface area contributed by atoms with E-state index in [1.807, 2.05) is 29.6 Å². The van der Waals surface area contributed by atoms with E-state index in [0.29, 0.717) is 16.1 Å². The molecule has 0 saturated heterocycles. The molecule has 1 aromatic heterocycles. The largest absolute Gasteiger partial charge is 0.497 e. The lowest BCUT2D eigenvalue weighted by molar-refractivity contribution is -0.113. The van der Waals surface area contributed by atoms with Crippen LogP contribution in [0.5, 0.6) is 5.75 Å². The maximum atomic E-state index is 12.3. The highest BCUT2D eigenvalue weighted by Crippen LogP contribution is 2.36. The number of benzene rings is 1. The monoisotopic (exact) mass is 350 g/mol. The molecule has 2 rings (SSSR count). The Hall–Kier alpha value is -1.99. The molecule has 23 heavy (non-hydrogen) atoms. The van der Waals surface area contributed by atoms with E-state index < -0.39 is 5.97 Å². The molecule has 2 aromatic rings. The van der Waals surface area contributed by atoms with Gasteiger partial charge >= 0.3 is 5.97 Å². The Labute approximate surface area is 144 Å². The van der Waals surface area contributed by atoms with Crippen LogP contribution in [0, 0.1) is 0 Å². The van der Waals surface area contributed by atoms with Crippen LogP contribution in [0.3, 0.4) is 0 Å². The minimum absolute atomic E-state index is 0.0714. The molecule has 1 N–H and O–H groups in total. The minimum atomic E-state index is -0.473. The van der Waals surface area contributed by atoms with Crippen LogP contribution >= 0.6 is 24.0 Å². The highest BCUT2D eigenvalue weighted by molar-refractivity contribution is 7.81. The molecule has 0 unspecified atom stereocenters. The second-order valence-corrected chi connectivity index (χ2v) is 5.66. The van der Waals surface area contributed by atoms with Crippen molar-refractivity contribution >= 4 is 40.8 Å². The SMILES string of the molecule is CCOC(=O)c1c(-c2ccc(OC)cc2)csc1NC(=O)C[S]. The number of nitrogens with one attached hydrogen (secondary N) is 1. The topological polar surface area (TPSA) is 64.6 Å². The average Bonchev–Trinajstić information content (AvgIpc) is 2.98. The zero-order valence-corrected chi connectivity index (χ0v) is 14.4. The summed E-state index contributed by atoms with van der Waals surface area (Å²) in [6, 6.07) is 7.32. The summed E-state index contributed by atoms with van der Waals surface area (Å²) in [7, 11) is 1.59. The van der Waals surface area contributed by atoms with E-state index >= 15 is 0 Å². The Morgan fingerprint density at radius 1 is 1.26 bits per heavy atom. The molecule has 0 spiro atoms. The van der Waals surface area contributed by atoms with Crippen LogP contribution in [0.2, 0.25) is 0 Å². The van der Waals surface area contributed by atoms with Crippen molar-refractivity contribution in [3.63, 3.8) is 0 Å². The molecular formula is C16H16NO4S2. The summed E-state index contributed by atoms with van der Waals surface area (Å²) < 4.78 is 10.3. The minimum Gasteiger partial charge on any atom is -0.497 e. The fourth-order valence-electron chi connectivity index (χ4n) is 2.00. The van der Waals surface area contributed by atoms with Crippen LogP contribution in [0.25, 0.3) is 11.1 Å². The Balaban J connectivity index is 2.45. The maximum Gasteiger partial charge on any atom is 0.341 e. The van der Waals surface area contributed by atoms with Crippen LogP contribution in [-0.2, 0) is 9.53 Å². The molecule has 1 amide bonds. The van der Waals surface area contributed by atoms with E-state index in [2.05, 4.69) is 5.32 Å². The zero-order valence-electron chi connectivity index (χ0n) is 12.8. The van der Waals surface area contributed by atoms with Crippen LogP contribution in [0.15, 0.2) is 29.6 Å². The Morgan fingerprint density at radius 2 is 1.96 bits per heavy atom. The standard InChI is InChI=1S/C16H16NO4S2/c1-3-21-16(19)14-12(9-23-15(14)17-13(18)8-22)10-4-6-11(20-2)7-5-10/h4-7,9H,3,8H2,1-2H3,(H,17,18). The molecule has 1 radical (unpaired) electrons. The number of hydrogen-bond acceptors (Lipinski definition) is 5. The number of esters is 1. The number of hydrogen-bond donors (Lipinski definition) is 1. The first-order valence-electron chi connectivity index (χ1n) is 6.91. The van der Waals surface area contributed by atoms with Crippen molar-refractivity contribution < 1.29 is 19.1 Å². The number of amides is 1. The number of ether oxygens (including phenoxy) is 2. The lowest BCUT2D eigenvalue weighted by Gasteiger charge is -2.08. The number of anilines is 1. The number of methoxy groups -OCH3 is 1. The van der Waals surface area contributed by atoms with Gasteiger partial charge in [-0.3, -0.25) is 4.79 Å². The number of carbonyl (C=O) groups excluding carboxylic acids is 2. The van der Waals surface area contributed by atoms with Crippen molar-refractivity contribution in [3.05, 3.63) is 35.2 Å². The second kappa shape index (κ2) is 8.03. The predicted octanol–water partition coefficient (Wildman–Crippen LogP) is 3.74. The van der Waals surface area contributed by atoms with Gasteiger partial charge in [0, 0.05) is 10.9 Å². The first-order valence-corrected chi connectivity index (χ1v) is 8.37. The van der Waals surface area contributed by atoms with Crippen molar-refractivity contribution in [1.82, 2.24) is 0 Å². The third-order valence-electron chi connectivity index (χ3n) is 3.06. The molecule has 0 saturated carbocycles. The van der Waals surface area contributed by atoms with E-state index in [1.54, 1.807) is 14.0 Å². The number of thiophene rings is 1. The maximum absolute atomic E-state index is 12.3. The molecule has 121 valence electrons. The Morgan fingerprint density at radius 3 is 2.52 bits per heavy atom. The van der Waals surface area contributed by atoms with Crippen molar-refractivity contribution in [2.24, 2.45) is 0 Å². The molecular weight excluding hydrogens is 334 g/mol. The van der Waals surface area contributed by atoms with E-state index in [-0.39, 0.29) is 18.3 Å². The second-order valence-electron chi connectivity index (χ2n) is 4.49. The van der Waals surface area contributed by atoms with Crippen LogP contribution in [0.1, 0.15) is 17.3 Å². The molecule has 0 aliphatic carbocycles. The van der Waals surface area contributed by atoms with Crippen LogP contribution < -0.4 is 10.1 Å². The molecule has 0 bridgehead atoms. The normalized spacial score (nSPS) is 10.2. The molecule has 0 aliphatic rings. The van der Waals surface area contributed by atoms with E-state index in [1.165, 1.54) is 11.3 Å². The summed E-state index contributed by atoms with van der Waals surface area (Å²) in [5.41, 5.74) is 1.89. The third kappa shape index (κ3) is 4.05. The quantitative estimate of drug-likeness (QED) is 0.806. The summed E-state index contributed by atoms with van der Waals surface area (Å²) in [6.45, 7) is 1.99.